The third kappa shape index (κ3) is 8.54. The summed E-state index contributed by atoms with van der Waals surface area (Å²) >= 11 is 5.32. The Hall–Kier alpha value is -3.71. The number of carbonyl (C=O) groups is 2. The zero-order valence-electron chi connectivity index (χ0n) is 19.9. The number of thiocarbonyl (C=S) groups is 1. The van der Waals surface area contributed by atoms with E-state index in [1.54, 1.807) is 48.5 Å². The Morgan fingerprint density at radius 1 is 0.829 bits per heavy atom. The van der Waals surface area contributed by atoms with E-state index in [2.05, 4.69) is 22.9 Å². The number of carbonyl (C=O) groups excluding carboxylic acids is 2. The van der Waals surface area contributed by atoms with Crippen LogP contribution in [0.5, 0.6) is 5.75 Å². The van der Waals surface area contributed by atoms with Crippen LogP contribution in [0.4, 0.5) is 5.69 Å². The molecule has 0 radical (unpaired) electrons. The average molecular weight is 490 g/mol. The van der Waals surface area contributed by atoms with Crippen LogP contribution < -0.4 is 20.7 Å². The number of amides is 2. The first kappa shape index (κ1) is 25.9. The van der Waals surface area contributed by atoms with Crippen molar-refractivity contribution in [1.29, 1.82) is 0 Å². The van der Waals surface area contributed by atoms with E-state index in [9.17, 15) is 9.59 Å². The van der Waals surface area contributed by atoms with Crippen LogP contribution in [0.2, 0.25) is 0 Å². The second kappa shape index (κ2) is 13.9. The van der Waals surface area contributed by atoms with Gasteiger partial charge < -0.3 is 15.4 Å². The highest BCUT2D eigenvalue weighted by Gasteiger charge is 2.13. The number of hydrogen-bond donors (Lipinski definition) is 3. The van der Waals surface area contributed by atoms with Crippen molar-refractivity contribution >= 4 is 34.8 Å². The number of unbranched alkanes of at least 4 members (excludes halogenated alkanes) is 3. The van der Waals surface area contributed by atoms with Gasteiger partial charge in [0.15, 0.2) is 5.11 Å². The topological polar surface area (TPSA) is 79.5 Å². The van der Waals surface area contributed by atoms with Crippen molar-refractivity contribution < 1.29 is 14.3 Å². The number of para-hydroxylation sites is 1. The molecule has 0 saturated heterocycles. The average Bonchev–Trinajstić information content (AvgIpc) is 2.88. The summed E-state index contributed by atoms with van der Waals surface area (Å²) in [4.78, 5) is 25.3. The summed E-state index contributed by atoms with van der Waals surface area (Å²) in [5.74, 6) is 0.147. The second-order valence-corrected chi connectivity index (χ2v) is 8.46. The van der Waals surface area contributed by atoms with Crippen LogP contribution in [-0.2, 0) is 6.54 Å². The predicted molar refractivity (Wildman–Crippen MR) is 144 cm³/mol. The molecule has 3 aromatic carbocycles. The van der Waals surface area contributed by atoms with Crippen molar-refractivity contribution in [2.45, 2.75) is 39.2 Å². The summed E-state index contributed by atoms with van der Waals surface area (Å²) in [7, 11) is 0. The van der Waals surface area contributed by atoms with E-state index in [1.807, 2.05) is 30.3 Å². The number of nitrogens with one attached hydrogen (secondary N) is 3. The number of ether oxygens (including phenoxy) is 1. The van der Waals surface area contributed by atoms with Crippen LogP contribution in [0.3, 0.4) is 0 Å². The maximum atomic E-state index is 12.7. The van der Waals surface area contributed by atoms with Crippen LogP contribution in [0.1, 0.15) is 58.9 Å². The molecule has 7 heteroatoms. The maximum absolute atomic E-state index is 12.7. The molecule has 0 saturated carbocycles. The van der Waals surface area contributed by atoms with Gasteiger partial charge in [0, 0.05) is 12.1 Å². The van der Waals surface area contributed by atoms with Gasteiger partial charge in [0.05, 0.1) is 17.9 Å². The van der Waals surface area contributed by atoms with Crippen molar-refractivity contribution in [2.24, 2.45) is 0 Å². The summed E-state index contributed by atoms with van der Waals surface area (Å²) in [6, 6.07) is 23.6. The molecule has 3 N–H and O–H groups in total. The minimum Gasteiger partial charge on any atom is -0.494 e. The summed E-state index contributed by atoms with van der Waals surface area (Å²) in [5.41, 5.74) is 2.40. The third-order valence-corrected chi connectivity index (χ3v) is 5.53. The molecular formula is C28H31N3O3S. The Morgan fingerprint density at radius 3 is 2.29 bits per heavy atom. The van der Waals surface area contributed by atoms with E-state index in [0.29, 0.717) is 30.0 Å². The lowest BCUT2D eigenvalue weighted by Gasteiger charge is -2.14. The summed E-state index contributed by atoms with van der Waals surface area (Å²) in [6.45, 7) is 3.25. The first-order valence-corrected chi connectivity index (χ1v) is 12.2. The van der Waals surface area contributed by atoms with Gasteiger partial charge in [0.2, 0.25) is 0 Å². The van der Waals surface area contributed by atoms with E-state index in [-0.39, 0.29) is 16.9 Å². The fourth-order valence-electron chi connectivity index (χ4n) is 3.41. The molecule has 182 valence electrons. The van der Waals surface area contributed by atoms with E-state index < -0.39 is 0 Å². The minimum absolute atomic E-state index is 0.106. The van der Waals surface area contributed by atoms with Gasteiger partial charge >= 0.3 is 0 Å². The Bertz CT molecular complexity index is 1120. The molecule has 0 spiro atoms. The zero-order valence-corrected chi connectivity index (χ0v) is 20.7. The SMILES string of the molecule is CCCCCCOc1ccc(C(=O)NC(=S)Nc2ccccc2C(=O)NCc2ccccc2)cc1. The highest BCUT2D eigenvalue weighted by molar-refractivity contribution is 7.80. The lowest BCUT2D eigenvalue weighted by atomic mass is 10.1. The molecule has 6 nitrogen and oxygen atoms in total. The number of rotatable bonds is 11. The molecule has 0 aliphatic heterocycles. The quantitative estimate of drug-likeness (QED) is 0.238. The highest BCUT2D eigenvalue weighted by Crippen LogP contribution is 2.16. The van der Waals surface area contributed by atoms with E-state index in [4.69, 9.17) is 17.0 Å². The molecule has 2 amide bonds. The Morgan fingerprint density at radius 2 is 1.54 bits per heavy atom. The molecule has 0 heterocycles. The molecule has 0 aromatic heterocycles. The van der Waals surface area contributed by atoms with Gasteiger partial charge in [-0.2, -0.15) is 0 Å². The zero-order chi connectivity index (χ0) is 24.9. The monoisotopic (exact) mass is 489 g/mol. The number of hydrogen-bond acceptors (Lipinski definition) is 4. The summed E-state index contributed by atoms with van der Waals surface area (Å²) in [5, 5.41) is 8.63. The lowest BCUT2D eigenvalue weighted by molar-refractivity contribution is 0.0950. The predicted octanol–water partition coefficient (Wildman–Crippen LogP) is 5.70. The maximum Gasteiger partial charge on any atom is 0.257 e. The largest absolute Gasteiger partial charge is 0.494 e. The smallest absolute Gasteiger partial charge is 0.257 e. The molecule has 0 fully saturated rings. The van der Waals surface area contributed by atoms with Gasteiger partial charge in [-0.1, -0.05) is 68.7 Å². The van der Waals surface area contributed by atoms with Gasteiger partial charge in [-0.05, 0) is 60.6 Å². The van der Waals surface area contributed by atoms with E-state index >= 15 is 0 Å². The first-order valence-electron chi connectivity index (χ1n) is 11.8. The van der Waals surface area contributed by atoms with Crippen LogP contribution in [0.25, 0.3) is 0 Å². The van der Waals surface area contributed by atoms with Gasteiger partial charge in [0.25, 0.3) is 11.8 Å². The lowest BCUT2D eigenvalue weighted by Crippen LogP contribution is -2.35. The van der Waals surface area contributed by atoms with Crippen LogP contribution >= 0.6 is 12.2 Å². The normalized spacial score (nSPS) is 10.3. The summed E-state index contributed by atoms with van der Waals surface area (Å²) < 4.78 is 5.72. The molecule has 0 bridgehead atoms. The van der Waals surface area contributed by atoms with Crippen molar-refractivity contribution in [1.82, 2.24) is 10.6 Å². The molecule has 3 rings (SSSR count). The van der Waals surface area contributed by atoms with E-state index in [1.165, 1.54) is 12.8 Å². The Balaban J connectivity index is 1.52. The van der Waals surface area contributed by atoms with Gasteiger partial charge in [-0.25, -0.2) is 0 Å². The van der Waals surface area contributed by atoms with Crippen molar-refractivity contribution in [3.63, 3.8) is 0 Å². The Kier molecular flexibility index (Phi) is 10.3. The molecule has 0 unspecified atom stereocenters. The van der Waals surface area contributed by atoms with Crippen molar-refractivity contribution in [2.75, 3.05) is 11.9 Å². The van der Waals surface area contributed by atoms with Crippen molar-refractivity contribution in [3.8, 4) is 5.75 Å². The molecule has 3 aromatic rings. The van der Waals surface area contributed by atoms with Crippen LogP contribution in [-0.4, -0.2) is 23.5 Å². The Labute approximate surface area is 212 Å². The van der Waals surface area contributed by atoms with Crippen LogP contribution in [0.15, 0.2) is 78.9 Å². The van der Waals surface area contributed by atoms with Crippen LogP contribution in [0, 0.1) is 0 Å². The van der Waals surface area contributed by atoms with Gasteiger partial charge in [0.1, 0.15) is 5.75 Å². The molecule has 35 heavy (non-hydrogen) atoms. The van der Waals surface area contributed by atoms with E-state index in [0.717, 1.165) is 24.2 Å². The molecule has 0 aliphatic carbocycles. The molecule has 0 atom stereocenters. The number of anilines is 1. The molecular weight excluding hydrogens is 458 g/mol. The third-order valence-electron chi connectivity index (χ3n) is 5.33. The molecule has 0 aliphatic rings. The first-order chi connectivity index (χ1) is 17.1. The van der Waals surface area contributed by atoms with Crippen molar-refractivity contribution in [3.05, 3.63) is 95.6 Å². The number of benzene rings is 3. The summed E-state index contributed by atoms with van der Waals surface area (Å²) in [6.07, 6.45) is 4.56. The van der Waals surface area contributed by atoms with Gasteiger partial charge in [-0.3, -0.25) is 14.9 Å². The highest BCUT2D eigenvalue weighted by atomic mass is 32.1. The van der Waals surface area contributed by atoms with Gasteiger partial charge in [-0.15, -0.1) is 0 Å². The second-order valence-electron chi connectivity index (χ2n) is 8.06. The fraction of sp³-hybridized carbons (Fsp3) is 0.250. The fourth-order valence-corrected chi connectivity index (χ4v) is 3.62. The minimum atomic E-state index is -0.344. The standard InChI is InChI=1S/C28H31N3O3S/c1-2-3-4-10-19-34-23-17-15-22(16-18-23)26(32)31-28(35)30-25-14-9-8-13-24(25)27(33)29-20-21-11-6-5-7-12-21/h5-9,11-18H,2-4,10,19-20H2,1H3,(H,29,33)(H2,30,31,32,35).